The average Bonchev–Trinajstić information content (AvgIpc) is 2.14. The molecule has 1 N–H and O–H groups in total. The minimum Gasteiger partial charge on any atom is -0.423 e. The molecule has 0 radical (unpaired) electrons. The quantitative estimate of drug-likeness (QED) is 0.723. The van der Waals surface area contributed by atoms with E-state index < -0.39 is 7.12 Å². The number of nitrogens with zero attached hydrogens (tertiary/aromatic N) is 1. The number of pyridine rings is 1. The van der Waals surface area contributed by atoms with Crippen LogP contribution in [0, 0.1) is 5.41 Å². The molecular formula is C10H16BNO2. The van der Waals surface area contributed by atoms with Crippen LogP contribution in [0.3, 0.4) is 0 Å². The SMILES string of the molecule is CC(C)(C)COB(O)c1ccncc1. The van der Waals surface area contributed by atoms with Crippen LogP contribution >= 0.6 is 0 Å². The molecule has 0 bridgehead atoms. The van der Waals surface area contributed by atoms with E-state index in [1.807, 2.05) is 0 Å². The van der Waals surface area contributed by atoms with Crippen LogP contribution < -0.4 is 5.46 Å². The average molecular weight is 193 g/mol. The monoisotopic (exact) mass is 193 g/mol. The molecular weight excluding hydrogens is 177 g/mol. The predicted molar refractivity (Wildman–Crippen MR) is 57.3 cm³/mol. The molecule has 0 aliphatic carbocycles. The summed E-state index contributed by atoms with van der Waals surface area (Å²) in [5.41, 5.74) is 0.804. The topological polar surface area (TPSA) is 42.4 Å². The van der Waals surface area contributed by atoms with Gasteiger partial charge in [0, 0.05) is 19.0 Å². The van der Waals surface area contributed by atoms with Gasteiger partial charge in [0.2, 0.25) is 0 Å². The first kappa shape index (κ1) is 11.2. The van der Waals surface area contributed by atoms with Gasteiger partial charge in [0.15, 0.2) is 0 Å². The number of aromatic nitrogens is 1. The fourth-order valence-electron chi connectivity index (χ4n) is 0.953. The van der Waals surface area contributed by atoms with Crippen LogP contribution in [0.5, 0.6) is 0 Å². The molecule has 14 heavy (non-hydrogen) atoms. The van der Waals surface area contributed by atoms with E-state index in [1.165, 1.54) is 0 Å². The van der Waals surface area contributed by atoms with Crippen LogP contribution in [0.1, 0.15) is 20.8 Å². The van der Waals surface area contributed by atoms with Crippen LogP contribution in [0.4, 0.5) is 0 Å². The second-order valence-electron chi connectivity index (χ2n) is 4.50. The number of hydrogen-bond acceptors (Lipinski definition) is 3. The van der Waals surface area contributed by atoms with E-state index in [2.05, 4.69) is 25.8 Å². The molecule has 1 rings (SSSR count). The van der Waals surface area contributed by atoms with Crippen molar-refractivity contribution < 1.29 is 9.68 Å². The molecule has 0 amide bonds. The lowest BCUT2D eigenvalue weighted by Crippen LogP contribution is -2.36. The van der Waals surface area contributed by atoms with Crippen molar-refractivity contribution in [2.75, 3.05) is 6.61 Å². The zero-order chi connectivity index (χ0) is 10.6. The van der Waals surface area contributed by atoms with Crippen molar-refractivity contribution in [2.45, 2.75) is 20.8 Å². The first-order valence-corrected chi connectivity index (χ1v) is 4.69. The van der Waals surface area contributed by atoms with Crippen molar-refractivity contribution in [3.05, 3.63) is 24.5 Å². The second-order valence-corrected chi connectivity index (χ2v) is 4.50. The fourth-order valence-corrected chi connectivity index (χ4v) is 0.953. The van der Waals surface area contributed by atoms with E-state index in [0.29, 0.717) is 6.61 Å². The summed E-state index contributed by atoms with van der Waals surface area (Å²) in [6.45, 7) is 6.71. The highest BCUT2D eigenvalue weighted by atomic mass is 16.5. The summed E-state index contributed by atoms with van der Waals surface area (Å²) in [4.78, 5) is 3.87. The van der Waals surface area contributed by atoms with Gasteiger partial charge in [-0.05, 0) is 23.0 Å². The molecule has 0 saturated heterocycles. The first-order chi connectivity index (χ1) is 6.49. The highest BCUT2D eigenvalue weighted by Crippen LogP contribution is 2.12. The van der Waals surface area contributed by atoms with Gasteiger partial charge < -0.3 is 9.68 Å². The molecule has 1 heterocycles. The Balaban J connectivity index is 2.48. The van der Waals surface area contributed by atoms with Crippen molar-refractivity contribution in [1.82, 2.24) is 4.98 Å². The molecule has 0 atom stereocenters. The second kappa shape index (κ2) is 4.57. The Hall–Kier alpha value is -0.865. The highest BCUT2D eigenvalue weighted by Gasteiger charge is 2.19. The van der Waals surface area contributed by atoms with E-state index in [-0.39, 0.29) is 5.41 Å². The third kappa shape index (κ3) is 3.90. The molecule has 1 aromatic heterocycles. The van der Waals surface area contributed by atoms with Gasteiger partial charge in [-0.15, -0.1) is 0 Å². The summed E-state index contributed by atoms with van der Waals surface area (Å²) in [6.07, 6.45) is 3.28. The Morgan fingerprint density at radius 3 is 2.43 bits per heavy atom. The Bertz CT molecular complexity index is 271. The van der Waals surface area contributed by atoms with Crippen molar-refractivity contribution in [3.8, 4) is 0 Å². The summed E-state index contributed by atoms with van der Waals surface area (Å²) in [6, 6.07) is 3.49. The first-order valence-electron chi connectivity index (χ1n) is 4.69. The maximum Gasteiger partial charge on any atom is 0.491 e. The van der Waals surface area contributed by atoms with Gasteiger partial charge in [0.05, 0.1) is 0 Å². The van der Waals surface area contributed by atoms with Crippen molar-refractivity contribution in [2.24, 2.45) is 5.41 Å². The normalized spacial score (nSPS) is 11.4. The molecule has 0 aromatic carbocycles. The van der Waals surface area contributed by atoms with Crippen LogP contribution in [0.15, 0.2) is 24.5 Å². The molecule has 0 aliphatic rings. The standard InChI is InChI=1S/C10H16BNO2/c1-10(2,3)8-14-11(13)9-4-6-12-7-5-9/h4-7,13H,8H2,1-3H3. The Labute approximate surface area is 85.3 Å². The van der Waals surface area contributed by atoms with E-state index in [9.17, 15) is 5.02 Å². The molecule has 0 saturated carbocycles. The Morgan fingerprint density at radius 1 is 1.36 bits per heavy atom. The van der Waals surface area contributed by atoms with Gasteiger partial charge in [0.25, 0.3) is 0 Å². The number of hydrogen-bond donors (Lipinski definition) is 1. The summed E-state index contributed by atoms with van der Waals surface area (Å²) in [5, 5.41) is 9.63. The van der Waals surface area contributed by atoms with Crippen LogP contribution in [-0.2, 0) is 4.65 Å². The molecule has 0 unspecified atom stereocenters. The summed E-state index contributed by atoms with van der Waals surface area (Å²) in [7, 11) is -0.850. The lowest BCUT2D eigenvalue weighted by Gasteiger charge is -2.19. The van der Waals surface area contributed by atoms with E-state index in [0.717, 1.165) is 5.46 Å². The predicted octanol–water partition coefficient (Wildman–Crippen LogP) is 0.832. The maximum absolute atomic E-state index is 9.63. The summed E-state index contributed by atoms with van der Waals surface area (Å²) >= 11 is 0. The third-order valence-electron chi connectivity index (χ3n) is 1.67. The van der Waals surface area contributed by atoms with Crippen LogP contribution in [0.25, 0.3) is 0 Å². The van der Waals surface area contributed by atoms with E-state index >= 15 is 0 Å². The van der Waals surface area contributed by atoms with Gasteiger partial charge in [-0.25, -0.2) is 0 Å². The van der Waals surface area contributed by atoms with Gasteiger partial charge in [0.1, 0.15) is 0 Å². The minimum absolute atomic E-state index is 0.0635. The molecule has 3 nitrogen and oxygen atoms in total. The lowest BCUT2D eigenvalue weighted by molar-refractivity contribution is 0.174. The van der Waals surface area contributed by atoms with Crippen LogP contribution in [-0.4, -0.2) is 23.7 Å². The van der Waals surface area contributed by atoms with Gasteiger partial charge in [-0.2, -0.15) is 0 Å². The fraction of sp³-hybridized carbons (Fsp3) is 0.500. The largest absolute Gasteiger partial charge is 0.491 e. The Morgan fingerprint density at radius 2 is 1.93 bits per heavy atom. The van der Waals surface area contributed by atoms with Gasteiger partial charge in [-0.3, -0.25) is 4.98 Å². The van der Waals surface area contributed by atoms with Crippen molar-refractivity contribution in [1.29, 1.82) is 0 Å². The third-order valence-corrected chi connectivity index (χ3v) is 1.67. The molecule has 4 heteroatoms. The molecule has 0 fully saturated rings. The van der Waals surface area contributed by atoms with Crippen molar-refractivity contribution >= 4 is 12.6 Å². The summed E-state index contributed by atoms with van der Waals surface area (Å²) in [5.74, 6) is 0. The molecule has 1 aromatic rings. The van der Waals surface area contributed by atoms with E-state index in [1.54, 1.807) is 24.5 Å². The lowest BCUT2D eigenvalue weighted by atomic mass is 9.80. The molecule has 0 aliphatic heterocycles. The number of rotatable bonds is 3. The Kier molecular flexibility index (Phi) is 3.66. The van der Waals surface area contributed by atoms with E-state index in [4.69, 9.17) is 4.65 Å². The zero-order valence-corrected chi connectivity index (χ0v) is 8.90. The minimum atomic E-state index is -0.850. The van der Waals surface area contributed by atoms with Gasteiger partial charge >= 0.3 is 7.12 Å². The smallest absolute Gasteiger partial charge is 0.423 e. The molecule has 76 valence electrons. The molecule has 0 spiro atoms. The summed E-state index contributed by atoms with van der Waals surface area (Å²) < 4.78 is 5.32. The highest BCUT2D eigenvalue weighted by molar-refractivity contribution is 6.59. The van der Waals surface area contributed by atoms with Gasteiger partial charge in [-0.1, -0.05) is 20.8 Å². The zero-order valence-electron chi connectivity index (χ0n) is 8.90. The van der Waals surface area contributed by atoms with Crippen LogP contribution in [0.2, 0.25) is 0 Å². The van der Waals surface area contributed by atoms with Crippen molar-refractivity contribution in [3.63, 3.8) is 0 Å². The maximum atomic E-state index is 9.63.